The van der Waals surface area contributed by atoms with Crippen LogP contribution in [0.3, 0.4) is 0 Å². The van der Waals surface area contributed by atoms with Crippen LogP contribution in [-0.2, 0) is 0 Å². The molecule has 3 aromatic rings. The minimum atomic E-state index is -0.120. The van der Waals surface area contributed by atoms with E-state index in [0.29, 0.717) is 23.5 Å². The monoisotopic (exact) mass is 401 g/mol. The van der Waals surface area contributed by atoms with Crippen LogP contribution in [0.15, 0.2) is 71.1 Å². The van der Waals surface area contributed by atoms with Gasteiger partial charge in [-0.05, 0) is 75.2 Å². The molecule has 3 fully saturated rings. The third-order valence-electron chi connectivity index (χ3n) is 6.51. The number of para-hydroxylation sites is 1. The molecule has 4 heterocycles. The van der Waals surface area contributed by atoms with Crippen molar-refractivity contribution in [3.8, 4) is 11.3 Å². The molecule has 0 aliphatic carbocycles. The van der Waals surface area contributed by atoms with E-state index in [-0.39, 0.29) is 11.9 Å². The fourth-order valence-corrected chi connectivity index (χ4v) is 4.82. The van der Waals surface area contributed by atoms with E-state index in [1.54, 1.807) is 6.07 Å². The number of carbonyl (C=O) groups excluding carboxylic acids is 1. The lowest BCUT2D eigenvalue weighted by atomic mass is 9.79. The Morgan fingerprint density at radius 2 is 1.73 bits per heavy atom. The van der Waals surface area contributed by atoms with Crippen LogP contribution in [0.4, 0.5) is 11.4 Å². The number of furan rings is 1. The van der Waals surface area contributed by atoms with Crippen molar-refractivity contribution < 1.29 is 9.21 Å². The Morgan fingerprint density at radius 3 is 2.50 bits per heavy atom. The van der Waals surface area contributed by atoms with E-state index < -0.39 is 0 Å². The molecule has 0 radical (unpaired) electrons. The molecule has 154 valence electrons. The molecule has 0 saturated carbocycles. The standard InChI is InChI=1S/C25H27N3O2/c1-17-24(18-12-14-28(17)15-13-18)27-25(29)23-11-10-22(30-23)19-6-5-9-21(16-19)26-20-7-3-2-4-8-20/h2-11,16-18,24,26H,12-15H2,1H3,(H,27,29)/t17-,24+/m1/s1. The second-order valence-electron chi connectivity index (χ2n) is 8.35. The first kappa shape index (κ1) is 18.9. The lowest BCUT2D eigenvalue weighted by Gasteiger charge is -2.49. The number of hydrogen-bond acceptors (Lipinski definition) is 4. The van der Waals surface area contributed by atoms with Crippen LogP contribution < -0.4 is 10.6 Å². The zero-order chi connectivity index (χ0) is 20.5. The van der Waals surface area contributed by atoms with Gasteiger partial charge in [-0.25, -0.2) is 0 Å². The molecule has 3 saturated heterocycles. The van der Waals surface area contributed by atoms with Crippen LogP contribution in [0, 0.1) is 5.92 Å². The van der Waals surface area contributed by atoms with Gasteiger partial charge in [0, 0.05) is 29.0 Å². The lowest BCUT2D eigenvalue weighted by Crippen LogP contribution is -2.62. The van der Waals surface area contributed by atoms with Gasteiger partial charge in [0.2, 0.25) is 0 Å². The maximum atomic E-state index is 12.9. The Morgan fingerprint density at radius 1 is 0.967 bits per heavy atom. The molecular formula is C25H27N3O2. The summed E-state index contributed by atoms with van der Waals surface area (Å²) in [5.41, 5.74) is 2.94. The Balaban J connectivity index is 1.29. The van der Waals surface area contributed by atoms with Crippen LogP contribution in [0.5, 0.6) is 0 Å². The molecule has 2 atom stereocenters. The first-order valence-corrected chi connectivity index (χ1v) is 10.7. The molecule has 1 aromatic heterocycles. The van der Waals surface area contributed by atoms with Crippen molar-refractivity contribution in [3.63, 3.8) is 0 Å². The first-order valence-electron chi connectivity index (χ1n) is 10.7. The van der Waals surface area contributed by atoms with Crippen molar-refractivity contribution in [2.24, 2.45) is 5.92 Å². The predicted octanol–water partition coefficient (Wildman–Crippen LogP) is 4.90. The number of hydrogen-bond donors (Lipinski definition) is 2. The van der Waals surface area contributed by atoms with Crippen LogP contribution in [-0.4, -0.2) is 36.0 Å². The van der Waals surface area contributed by atoms with Gasteiger partial charge in [-0.15, -0.1) is 0 Å². The summed E-state index contributed by atoms with van der Waals surface area (Å²) in [5.74, 6) is 1.52. The second-order valence-corrected chi connectivity index (χ2v) is 8.35. The van der Waals surface area contributed by atoms with Crippen molar-refractivity contribution in [1.29, 1.82) is 0 Å². The summed E-state index contributed by atoms with van der Waals surface area (Å²) < 4.78 is 5.94. The molecule has 3 aliphatic rings. The number of carbonyl (C=O) groups is 1. The van der Waals surface area contributed by atoms with E-state index in [0.717, 1.165) is 30.0 Å². The quantitative estimate of drug-likeness (QED) is 0.638. The molecule has 6 rings (SSSR count). The minimum absolute atomic E-state index is 0.120. The van der Waals surface area contributed by atoms with Gasteiger partial charge in [0.1, 0.15) is 5.76 Å². The van der Waals surface area contributed by atoms with E-state index >= 15 is 0 Å². The van der Waals surface area contributed by atoms with Crippen LogP contribution in [0.2, 0.25) is 0 Å². The van der Waals surface area contributed by atoms with Gasteiger partial charge in [-0.1, -0.05) is 30.3 Å². The van der Waals surface area contributed by atoms with Gasteiger partial charge in [-0.3, -0.25) is 9.69 Å². The topological polar surface area (TPSA) is 57.5 Å². The number of anilines is 2. The molecule has 3 aliphatic heterocycles. The maximum absolute atomic E-state index is 12.9. The Hall–Kier alpha value is -3.05. The molecular weight excluding hydrogens is 374 g/mol. The number of benzene rings is 2. The van der Waals surface area contributed by atoms with E-state index in [2.05, 4.69) is 22.5 Å². The fourth-order valence-electron chi connectivity index (χ4n) is 4.82. The summed E-state index contributed by atoms with van der Waals surface area (Å²) in [6.45, 7) is 4.52. The van der Waals surface area contributed by atoms with Gasteiger partial charge in [0.15, 0.2) is 5.76 Å². The third-order valence-corrected chi connectivity index (χ3v) is 6.51. The average Bonchev–Trinajstić information content (AvgIpc) is 3.28. The normalized spacial score (nSPS) is 25.1. The highest BCUT2D eigenvalue weighted by atomic mass is 16.3. The molecule has 0 spiro atoms. The molecule has 0 unspecified atom stereocenters. The summed E-state index contributed by atoms with van der Waals surface area (Å²) >= 11 is 0. The number of rotatable bonds is 5. The number of nitrogens with zero attached hydrogens (tertiary/aromatic N) is 1. The van der Waals surface area contributed by atoms with Gasteiger partial charge in [0.25, 0.3) is 5.91 Å². The van der Waals surface area contributed by atoms with Gasteiger partial charge >= 0.3 is 0 Å². The third kappa shape index (κ3) is 3.73. The summed E-state index contributed by atoms with van der Waals surface area (Å²) in [7, 11) is 0. The smallest absolute Gasteiger partial charge is 0.287 e. The SMILES string of the molecule is C[C@@H]1[C@H](NC(=O)c2ccc(-c3cccc(Nc4ccccc4)c3)o2)C2CCN1CC2. The summed E-state index contributed by atoms with van der Waals surface area (Å²) in [5, 5.41) is 6.63. The predicted molar refractivity (Wildman–Crippen MR) is 119 cm³/mol. The largest absolute Gasteiger partial charge is 0.451 e. The molecule has 1 amide bonds. The van der Waals surface area contributed by atoms with Gasteiger partial charge < -0.3 is 15.1 Å². The van der Waals surface area contributed by atoms with E-state index in [1.807, 2.05) is 60.7 Å². The second kappa shape index (κ2) is 8.00. The van der Waals surface area contributed by atoms with Crippen molar-refractivity contribution in [1.82, 2.24) is 10.2 Å². The summed E-state index contributed by atoms with van der Waals surface area (Å²) in [6, 6.07) is 22.3. The van der Waals surface area contributed by atoms with E-state index in [9.17, 15) is 4.79 Å². The molecule has 30 heavy (non-hydrogen) atoms. The number of fused-ring (bicyclic) bond motifs is 3. The van der Waals surface area contributed by atoms with Crippen LogP contribution in [0.25, 0.3) is 11.3 Å². The Kier molecular flexibility index (Phi) is 5.05. The van der Waals surface area contributed by atoms with E-state index in [1.165, 1.54) is 12.8 Å². The average molecular weight is 402 g/mol. The van der Waals surface area contributed by atoms with Gasteiger partial charge in [0.05, 0.1) is 0 Å². The minimum Gasteiger partial charge on any atom is -0.451 e. The molecule has 2 N–H and O–H groups in total. The Bertz CT molecular complexity index is 1020. The van der Waals surface area contributed by atoms with Crippen LogP contribution in [0.1, 0.15) is 30.3 Å². The van der Waals surface area contributed by atoms with Crippen molar-refractivity contribution in [2.75, 3.05) is 18.4 Å². The van der Waals surface area contributed by atoms with Crippen LogP contribution >= 0.6 is 0 Å². The molecule has 2 bridgehead atoms. The zero-order valence-electron chi connectivity index (χ0n) is 17.2. The molecule has 2 aromatic carbocycles. The van der Waals surface area contributed by atoms with Gasteiger partial charge in [-0.2, -0.15) is 0 Å². The zero-order valence-corrected chi connectivity index (χ0v) is 17.2. The highest BCUT2D eigenvalue weighted by Crippen LogP contribution is 2.32. The lowest BCUT2D eigenvalue weighted by molar-refractivity contribution is 0.0211. The number of nitrogens with one attached hydrogen (secondary N) is 2. The Labute approximate surface area is 177 Å². The summed E-state index contributed by atoms with van der Waals surface area (Å²) in [6.07, 6.45) is 2.33. The maximum Gasteiger partial charge on any atom is 0.287 e. The van der Waals surface area contributed by atoms with E-state index in [4.69, 9.17) is 4.42 Å². The highest BCUT2D eigenvalue weighted by Gasteiger charge is 2.40. The fraction of sp³-hybridized carbons (Fsp3) is 0.320. The van der Waals surface area contributed by atoms with Crippen molar-refractivity contribution >= 4 is 17.3 Å². The highest BCUT2D eigenvalue weighted by molar-refractivity contribution is 5.92. The van der Waals surface area contributed by atoms with Crippen molar-refractivity contribution in [3.05, 3.63) is 72.5 Å². The number of amides is 1. The van der Waals surface area contributed by atoms with Crippen molar-refractivity contribution in [2.45, 2.75) is 31.8 Å². The number of piperidine rings is 3. The molecule has 5 nitrogen and oxygen atoms in total. The first-order chi connectivity index (χ1) is 14.7. The molecule has 5 heteroatoms. The summed E-state index contributed by atoms with van der Waals surface area (Å²) in [4.78, 5) is 15.3.